The molecule has 1 aromatic heterocycles. The van der Waals surface area contributed by atoms with E-state index in [1.54, 1.807) is 0 Å². The van der Waals surface area contributed by atoms with Gasteiger partial charge in [-0.15, -0.1) is 0 Å². The number of hydrogen-bond donors (Lipinski definition) is 1. The molecule has 2 atom stereocenters. The van der Waals surface area contributed by atoms with Crippen molar-refractivity contribution in [3.8, 4) is 17.2 Å². The molecule has 4 nitrogen and oxygen atoms in total. The monoisotopic (exact) mass is 280 g/mol. The molecule has 0 saturated heterocycles. The molecule has 21 heavy (non-hydrogen) atoms. The van der Waals surface area contributed by atoms with Gasteiger partial charge in [0.15, 0.2) is 0 Å². The molecule has 1 aliphatic carbocycles. The van der Waals surface area contributed by atoms with Crippen molar-refractivity contribution in [1.82, 2.24) is 15.1 Å². The Hall–Kier alpha value is -2.12. The largest absolute Gasteiger partial charge is 0.302 e. The van der Waals surface area contributed by atoms with Gasteiger partial charge < -0.3 is 5.32 Å². The quantitative estimate of drug-likeness (QED) is 0.939. The number of nitrogens with zero attached hydrogens (tertiary/aromatic N) is 3. The summed E-state index contributed by atoms with van der Waals surface area (Å²) in [5.41, 5.74) is 1.91. The molecule has 0 bridgehead atoms. The van der Waals surface area contributed by atoms with Crippen LogP contribution in [0.2, 0.25) is 0 Å². The molecule has 2 unspecified atom stereocenters. The van der Waals surface area contributed by atoms with Crippen LogP contribution in [0, 0.1) is 11.3 Å². The number of aromatic nitrogens is 2. The van der Waals surface area contributed by atoms with Crippen LogP contribution in [0.1, 0.15) is 31.7 Å². The van der Waals surface area contributed by atoms with E-state index in [-0.39, 0.29) is 0 Å². The second kappa shape index (κ2) is 5.71. The van der Waals surface area contributed by atoms with Gasteiger partial charge in [-0.3, -0.25) is 4.68 Å². The van der Waals surface area contributed by atoms with Crippen LogP contribution in [0.4, 0.5) is 0 Å². The first-order valence-corrected chi connectivity index (χ1v) is 7.46. The molecule has 0 radical (unpaired) electrons. The predicted molar refractivity (Wildman–Crippen MR) is 82.6 cm³/mol. The fraction of sp³-hybridized carbons (Fsp3) is 0.412. The first-order valence-electron chi connectivity index (χ1n) is 7.46. The number of nitriles is 1. The molecule has 1 saturated carbocycles. The van der Waals surface area contributed by atoms with Crippen LogP contribution in [0.15, 0.2) is 42.7 Å². The van der Waals surface area contributed by atoms with E-state index in [4.69, 9.17) is 0 Å². The van der Waals surface area contributed by atoms with Crippen molar-refractivity contribution < 1.29 is 0 Å². The van der Waals surface area contributed by atoms with Gasteiger partial charge in [0.2, 0.25) is 0 Å². The van der Waals surface area contributed by atoms with E-state index in [1.165, 1.54) is 5.56 Å². The zero-order chi connectivity index (χ0) is 14.7. The van der Waals surface area contributed by atoms with E-state index in [2.05, 4.69) is 34.8 Å². The fourth-order valence-corrected chi connectivity index (χ4v) is 3.17. The van der Waals surface area contributed by atoms with Gasteiger partial charge in [-0.2, -0.15) is 10.4 Å². The van der Waals surface area contributed by atoms with Gasteiger partial charge in [-0.25, -0.2) is 0 Å². The summed E-state index contributed by atoms with van der Waals surface area (Å²) < 4.78 is 2.03. The maximum absolute atomic E-state index is 9.45. The summed E-state index contributed by atoms with van der Waals surface area (Å²) in [6.45, 7) is 0. The molecule has 0 spiro atoms. The van der Waals surface area contributed by atoms with E-state index in [0.717, 1.165) is 31.2 Å². The van der Waals surface area contributed by atoms with E-state index in [9.17, 15) is 5.26 Å². The molecule has 1 aromatic carbocycles. The summed E-state index contributed by atoms with van der Waals surface area (Å²) in [6.07, 6.45) is 7.89. The van der Waals surface area contributed by atoms with Gasteiger partial charge in [0.1, 0.15) is 5.54 Å². The summed E-state index contributed by atoms with van der Waals surface area (Å²) in [5.74, 6) is 0. The van der Waals surface area contributed by atoms with Crippen LogP contribution in [-0.4, -0.2) is 22.4 Å². The Morgan fingerprint density at radius 2 is 2.14 bits per heavy atom. The number of hydrogen-bond acceptors (Lipinski definition) is 3. The molecule has 2 aromatic rings. The standard InChI is InChI=1S/C17H20N4/c1-19-17(13-18)9-5-8-16(10-17)21-12-15(11-20-21)14-6-3-2-4-7-14/h2-4,6-7,11-12,16,19H,5,8-10H2,1H3. The topological polar surface area (TPSA) is 53.6 Å². The lowest BCUT2D eigenvalue weighted by Crippen LogP contribution is -2.46. The van der Waals surface area contributed by atoms with E-state index >= 15 is 0 Å². The third kappa shape index (κ3) is 2.70. The second-order valence-corrected chi connectivity index (χ2v) is 5.77. The molecule has 1 aliphatic rings. The first-order chi connectivity index (χ1) is 10.3. The summed E-state index contributed by atoms with van der Waals surface area (Å²) in [4.78, 5) is 0. The van der Waals surface area contributed by atoms with Crippen LogP contribution in [0.5, 0.6) is 0 Å². The SMILES string of the molecule is CNC1(C#N)CCCC(n2cc(-c3ccccc3)cn2)C1. The highest BCUT2D eigenvalue weighted by Crippen LogP contribution is 2.35. The van der Waals surface area contributed by atoms with Crippen molar-refractivity contribution in [2.24, 2.45) is 0 Å². The summed E-state index contributed by atoms with van der Waals surface area (Å²) in [6, 6.07) is 13.0. The molecular formula is C17H20N4. The maximum atomic E-state index is 9.45. The fourth-order valence-electron chi connectivity index (χ4n) is 3.17. The minimum absolute atomic E-state index is 0.295. The number of nitrogens with one attached hydrogen (secondary N) is 1. The normalized spacial score (nSPS) is 25.4. The van der Waals surface area contributed by atoms with Gasteiger partial charge in [0.25, 0.3) is 0 Å². The van der Waals surface area contributed by atoms with E-state index < -0.39 is 5.54 Å². The van der Waals surface area contributed by atoms with E-state index in [0.29, 0.717) is 6.04 Å². The highest BCUT2D eigenvalue weighted by molar-refractivity contribution is 5.61. The van der Waals surface area contributed by atoms with Crippen LogP contribution < -0.4 is 5.32 Å². The molecule has 3 rings (SSSR count). The van der Waals surface area contributed by atoms with Gasteiger partial charge in [-0.05, 0) is 31.9 Å². The number of benzene rings is 1. The second-order valence-electron chi connectivity index (χ2n) is 5.77. The molecular weight excluding hydrogens is 260 g/mol. The number of rotatable bonds is 3. The Bertz CT molecular complexity index is 640. The minimum Gasteiger partial charge on any atom is -0.302 e. The van der Waals surface area contributed by atoms with Gasteiger partial charge in [0, 0.05) is 18.2 Å². The highest BCUT2D eigenvalue weighted by atomic mass is 15.3. The molecule has 1 fully saturated rings. The third-order valence-electron chi connectivity index (χ3n) is 4.50. The van der Waals surface area contributed by atoms with Crippen LogP contribution in [0.25, 0.3) is 11.1 Å². The van der Waals surface area contributed by atoms with Crippen LogP contribution >= 0.6 is 0 Å². The molecule has 1 heterocycles. The van der Waals surface area contributed by atoms with E-state index in [1.807, 2.05) is 36.1 Å². The molecule has 1 N–H and O–H groups in total. The van der Waals surface area contributed by atoms with Gasteiger partial charge >= 0.3 is 0 Å². The van der Waals surface area contributed by atoms with Gasteiger partial charge in [0.05, 0.1) is 18.3 Å². The Morgan fingerprint density at radius 3 is 2.86 bits per heavy atom. The molecule has 108 valence electrons. The lowest BCUT2D eigenvalue weighted by atomic mass is 9.80. The third-order valence-corrected chi connectivity index (χ3v) is 4.50. The Kier molecular flexibility index (Phi) is 3.76. The lowest BCUT2D eigenvalue weighted by Gasteiger charge is -2.35. The summed E-state index contributed by atoms with van der Waals surface area (Å²) in [5, 5.41) is 17.2. The van der Waals surface area contributed by atoms with Crippen molar-refractivity contribution in [2.75, 3.05) is 7.05 Å². The van der Waals surface area contributed by atoms with Crippen LogP contribution in [0.3, 0.4) is 0 Å². The Morgan fingerprint density at radius 1 is 1.33 bits per heavy atom. The zero-order valence-corrected chi connectivity index (χ0v) is 12.3. The Balaban J connectivity index is 1.82. The van der Waals surface area contributed by atoms with Crippen molar-refractivity contribution in [3.05, 3.63) is 42.7 Å². The van der Waals surface area contributed by atoms with Crippen LogP contribution in [-0.2, 0) is 0 Å². The van der Waals surface area contributed by atoms with Crippen molar-refractivity contribution in [1.29, 1.82) is 5.26 Å². The summed E-state index contributed by atoms with van der Waals surface area (Å²) >= 11 is 0. The minimum atomic E-state index is -0.401. The van der Waals surface area contributed by atoms with Gasteiger partial charge in [-0.1, -0.05) is 30.3 Å². The van der Waals surface area contributed by atoms with Crippen molar-refractivity contribution in [3.63, 3.8) is 0 Å². The average Bonchev–Trinajstić information content (AvgIpc) is 3.06. The predicted octanol–water partition coefficient (Wildman–Crippen LogP) is 3.15. The lowest BCUT2D eigenvalue weighted by molar-refractivity contribution is 0.230. The van der Waals surface area contributed by atoms with Crippen molar-refractivity contribution >= 4 is 0 Å². The first kappa shape index (κ1) is 13.8. The highest BCUT2D eigenvalue weighted by Gasteiger charge is 2.36. The molecule has 0 amide bonds. The zero-order valence-electron chi connectivity index (χ0n) is 12.3. The maximum Gasteiger partial charge on any atom is 0.108 e. The average molecular weight is 280 g/mol. The molecule has 4 heteroatoms. The summed E-state index contributed by atoms with van der Waals surface area (Å²) in [7, 11) is 1.88. The smallest absolute Gasteiger partial charge is 0.108 e. The Labute approximate surface area is 125 Å². The molecule has 0 aliphatic heterocycles. The van der Waals surface area contributed by atoms with Crippen molar-refractivity contribution in [2.45, 2.75) is 37.3 Å².